The first kappa shape index (κ1) is 14.9. The number of hydrogen-bond donors (Lipinski definition) is 1. The number of nitrogens with zero attached hydrogens (tertiary/aromatic N) is 1. The molecule has 2 unspecified atom stereocenters. The smallest absolute Gasteiger partial charge is 0.178 e. The van der Waals surface area contributed by atoms with Crippen molar-refractivity contribution in [2.24, 2.45) is 5.92 Å². The maximum atomic E-state index is 6.11. The number of nitrogens with one attached hydrogen (secondary N) is 1. The number of rotatable bonds is 4. The Morgan fingerprint density at radius 2 is 1.89 bits per heavy atom. The number of aromatic amines is 1. The third-order valence-corrected chi connectivity index (χ3v) is 4.66. The minimum absolute atomic E-state index is 0.341. The summed E-state index contributed by atoms with van der Waals surface area (Å²) in [7, 11) is 0. The summed E-state index contributed by atoms with van der Waals surface area (Å²) in [6.45, 7) is 6.67. The van der Waals surface area contributed by atoms with E-state index in [4.69, 9.17) is 35.4 Å². The van der Waals surface area contributed by atoms with Crippen LogP contribution in [-0.2, 0) is 0 Å². The SMILES string of the molecule is CCC(C)CC(C)n1c(=S)[nH]c2cc(Cl)c(Cl)cc21. The van der Waals surface area contributed by atoms with Crippen LogP contribution in [0.2, 0.25) is 10.0 Å². The lowest BCUT2D eigenvalue weighted by atomic mass is 10.0. The standard InChI is InChI=1S/C14H18Cl2N2S/c1-4-8(2)5-9(3)18-13-7-11(16)10(15)6-12(13)17-14(18)19/h6-9H,4-5H2,1-3H3,(H,17,19). The third kappa shape index (κ3) is 2.99. The molecule has 1 aromatic heterocycles. The Balaban J connectivity index is 2.51. The highest BCUT2D eigenvalue weighted by Crippen LogP contribution is 2.30. The molecule has 0 bridgehead atoms. The van der Waals surface area contributed by atoms with Crippen molar-refractivity contribution >= 4 is 46.5 Å². The molecule has 2 nitrogen and oxygen atoms in total. The molecule has 1 N–H and O–H groups in total. The van der Waals surface area contributed by atoms with Crippen molar-refractivity contribution in [1.29, 1.82) is 0 Å². The summed E-state index contributed by atoms with van der Waals surface area (Å²) in [6.07, 6.45) is 2.27. The molecule has 0 aliphatic heterocycles. The van der Waals surface area contributed by atoms with Crippen LogP contribution in [0.4, 0.5) is 0 Å². The Labute approximate surface area is 128 Å². The number of aromatic nitrogens is 2. The van der Waals surface area contributed by atoms with Gasteiger partial charge in [-0.3, -0.25) is 0 Å². The van der Waals surface area contributed by atoms with E-state index in [0.717, 1.165) is 22.2 Å². The number of hydrogen-bond acceptors (Lipinski definition) is 1. The summed E-state index contributed by atoms with van der Waals surface area (Å²) in [5, 5.41) is 1.11. The van der Waals surface area contributed by atoms with Gasteiger partial charge in [0.25, 0.3) is 0 Å². The van der Waals surface area contributed by atoms with E-state index >= 15 is 0 Å². The van der Waals surface area contributed by atoms with Gasteiger partial charge in [-0.1, -0.05) is 43.5 Å². The lowest BCUT2D eigenvalue weighted by molar-refractivity contribution is 0.402. The molecule has 0 radical (unpaired) electrons. The maximum Gasteiger partial charge on any atom is 0.178 e. The average Bonchev–Trinajstić information content (AvgIpc) is 2.65. The fraction of sp³-hybridized carbons (Fsp3) is 0.500. The van der Waals surface area contributed by atoms with Crippen molar-refractivity contribution in [1.82, 2.24) is 9.55 Å². The minimum Gasteiger partial charge on any atom is -0.331 e. The molecule has 1 aromatic carbocycles. The fourth-order valence-corrected chi connectivity index (χ4v) is 3.12. The summed E-state index contributed by atoms with van der Waals surface area (Å²) in [6, 6.07) is 4.06. The lowest BCUT2D eigenvalue weighted by Crippen LogP contribution is -2.09. The molecule has 2 rings (SSSR count). The van der Waals surface area contributed by atoms with Gasteiger partial charge in [0, 0.05) is 6.04 Å². The van der Waals surface area contributed by atoms with Gasteiger partial charge in [-0.25, -0.2) is 0 Å². The molecular formula is C14H18Cl2N2S. The summed E-state index contributed by atoms with van der Waals surface area (Å²) in [5.74, 6) is 0.671. The first-order valence-electron chi connectivity index (χ1n) is 6.53. The van der Waals surface area contributed by atoms with Gasteiger partial charge >= 0.3 is 0 Å². The van der Waals surface area contributed by atoms with Crippen LogP contribution in [0.25, 0.3) is 11.0 Å². The number of H-pyrrole nitrogens is 1. The van der Waals surface area contributed by atoms with Gasteiger partial charge in [-0.15, -0.1) is 0 Å². The highest BCUT2D eigenvalue weighted by Gasteiger charge is 2.15. The molecule has 5 heteroatoms. The zero-order valence-corrected chi connectivity index (χ0v) is 13.7. The zero-order valence-electron chi connectivity index (χ0n) is 11.3. The second-order valence-corrected chi connectivity index (χ2v) is 6.38. The molecular weight excluding hydrogens is 299 g/mol. The van der Waals surface area contributed by atoms with Crippen molar-refractivity contribution in [3.63, 3.8) is 0 Å². The number of imidazole rings is 1. The van der Waals surface area contributed by atoms with Crippen LogP contribution in [0, 0.1) is 10.7 Å². The van der Waals surface area contributed by atoms with Crippen LogP contribution in [0.3, 0.4) is 0 Å². The Bertz CT molecular complexity index is 645. The van der Waals surface area contributed by atoms with E-state index in [-0.39, 0.29) is 0 Å². The summed E-state index contributed by atoms with van der Waals surface area (Å²) in [5.41, 5.74) is 1.96. The van der Waals surface area contributed by atoms with Gasteiger partial charge in [-0.2, -0.15) is 0 Å². The second kappa shape index (κ2) is 5.86. The van der Waals surface area contributed by atoms with Gasteiger partial charge < -0.3 is 9.55 Å². The molecule has 2 atom stereocenters. The third-order valence-electron chi connectivity index (χ3n) is 3.64. The molecule has 0 amide bonds. The number of halogens is 2. The van der Waals surface area contributed by atoms with Gasteiger partial charge in [0.15, 0.2) is 4.77 Å². The molecule has 1 heterocycles. The second-order valence-electron chi connectivity index (χ2n) is 5.18. The van der Waals surface area contributed by atoms with Crippen LogP contribution >= 0.6 is 35.4 Å². The van der Waals surface area contributed by atoms with Crippen LogP contribution in [0.15, 0.2) is 12.1 Å². The van der Waals surface area contributed by atoms with Gasteiger partial charge in [0.2, 0.25) is 0 Å². The Kier molecular flexibility index (Phi) is 4.59. The molecule has 0 aliphatic rings. The lowest BCUT2D eigenvalue weighted by Gasteiger charge is -2.18. The predicted octanol–water partition coefficient (Wildman–Crippen LogP) is 6.00. The van der Waals surface area contributed by atoms with E-state index in [0.29, 0.717) is 22.0 Å². The van der Waals surface area contributed by atoms with E-state index in [1.54, 1.807) is 0 Å². The monoisotopic (exact) mass is 316 g/mol. The number of fused-ring (bicyclic) bond motifs is 1. The first-order valence-corrected chi connectivity index (χ1v) is 7.69. The van der Waals surface area contributed by atoms with E-state index < -0.39 is 0 Å². The molecule has 0 saturated carbocycles. The van der Waals surface area contributed by atoms with Gasteiger partial charge in [0.05, 0.1) is 21.1 Å². The summed E-state index contributed by atoms with van der Waals surface area (Å²) < 4.78 is 2.86. The van der Waals surface area contributed by atoms with Gasteiger partial charge in [0.1, 0.15) is 0 Å². The number of benzene rings is 1. The van der Waals surface area contributed by atoms with E-state index in [9.17, 15) is 0 Å². The van der Waals surface area contributed by atoms with Crippen LogP contribution < -0.4 is 0 Å². The predicted molar refractivity (Wildman–Crippen MR) is 85.9 cm³/mol. The largest absolute Gasteiger partial charge is 0.331 e. The normalized spacial score (nSPS) is 14.8. The van der Waals surface area contributed by atoms with E-state index in [1.807, 2.05) is 12.1 Å². The van der Waals surface area contributed by atoms with Crippen molar-refractivity contribution < 1.29 is 0 Å². The summed E-state index contributed by atoms with van der Waals surface area (Å²) in [4.78, 5) is 3.20. The molecule has 104 valence electrons. The van der Waals surface area contributed by atoms with Crippen molar-refractivity contribution in [2.45, 2.75) is 39.7 Å². The Hall–Kier alpha value is -0.510. The van der Waals surface area contributed by atoms with E-state index in [2.05, 4.69) is 30.3 Å². The highest BCUT2D eigenvalue weighted by molar-refractivity contribution is 7.71. The summed E-state index contributed by atoms with van der Waals surface area (Å²) >= 11 is 17.6. The van der Waals surface area contributed by atoms with Crippen molar-refractivity contribution in [3.05, 3.63) is 26.9 Å². The molecule has 0 saturated heterocycles. The average molecular weight is 317 g/mol. The van der Waals surface area contributed by atoms with Crippen molar-refractivity contribution in [3.8, 4) is 0 Å². The quantitative estimate of drug-likeness (QED) is 0.686. The Morgan fingerprint density at radius 3 is 2.53 bits per heavy atom. The molecule has 0 fully saturated rings. The van der Waals surface area contributed by atoms with Crippen molar-refractivity contribution in [2.75, 3.05) is 0 Å². The molecule has 2 aromatic rings. The minimum atomic E-state index is 0.341. The van der Waals surface area contributed by atoms with Crippen LogP contribution in [0.1, 0.15) is 39.7 Å². The highest BCUT2D eigenvalue weighted by atomic mass is 35.5. The molecule has 0 aliphatic carbocycles. The fourth-order valence-electron chi connectivity index (χ4n) is 2.41. The van der Waals surface area contributed by atoms with Crippen LogP contribution in [-0.4, -0.2) is 9.55 Å². The van der Waals surface area contributed by atoms with Crippen LogP contribution in [0.5, 0.6) is 0 Å². The molecule has 0 spiro atoms. The molecule has 19 heavy (non-hydrogen) atoms. The topological polar surface area (TPSA) is 20.7 Å². The zero-order chi connectivity index (χ0) is 14.2. The Morgan fingerprint density at radius 1 is 1.26 bits per heavy atom. The van der Waals surface area contributed by atoms with E-state index in [1.165, 1.54) is 6.42 Å². The maximum absolute atomic E-state index is 6.11. The first-order chi connectivity index (χ1) is 8.93. The van der Waals surface area contributed by atoms with Gasteiger partial charge in [-0.05, 0) is 43.6 Å².